The van der Waals surface area contributed by atoms with E-state index in [1.165, 1.54) is 0 Å². The van der Waals surface area contributed by atoms with Crippen LogP contribution in [0, 0.1) is 0 Å². The maximum absolute atomic E-state index is 11.2. The molecule has 0 unspecified atom stereocenters. The number of pyridine rings is 1. The van der Waals surface area contributed by atoms with E-state index >= 15 is 0 Å². The first-order chi connectivity index (χ1) is 9.34. The molecule has 1 rings (SSSR count). The molecule has 0 atom stereocenters. The zero-order chi connectivity index (χ0) is 15.2. The van der Waals surface area contributed by atoms with E-state index in [4.69, 9.17) is 9.84 Å². The van der Waals surface area contributed by atoms with Gasteiger partial charge in [0.15, 0.2) is 0 Å². The number of carboxylic acids is 1. The van der Waals surface area contributed by atoms with Crippen LogP contribution in [0.2, 0.25) is 0 Å². The summed E-state index contributed by atoms with van der Waals surface area (Å²) in [5.74, 6) is -0.312. The number of hydrogen-bond acceptors (Lipinski definition) is 4. The van der Waals surface area contributed by atoms with Crippen molar-refractivity contribution in [1.29, 1.82) is 0 Å². The lowest BCUT2D eigenvalue weighted by atomic mass is 9.91. The van der Waals surface area contributed by atoms with Gasteiger partial charge in [-0.2, -0.15) is 0 Å². The summed E-state index contributed by atoms with van der Waals surface area (Å²) in [6.45, 7) is 7.54. The lowest BCUT2D eigenvalue weighted by molar-refractivity contribution is 0.0696. The highest BCUT2D eigenvalue weighted by atomic mass is 16.5. The Hall–Kier alpha value is -1.62. The third-order valence-corrected chi connectivity index (χ3v) is 2.92. The van der Waals surface area contributed by atoms with Gasteiger partial charge in [0.05, 0.1) is 5.56 Å². The molecule has 0 spiro atoms. The number of aromatic carboxylic acids is 1. The number of carboxylic acid groups (broad SMARTS) is 1. The van der Waals surface area contributed by atoms with Crippen LogP contribution in [0.1, 0.15) is 49.7 Å². The Morgan fingerprint density at radius 3 is 2.60 bits per heavy atom. The molecule has 0 fully saturated rings. The van der Waals surface area contributed by atoms with Crippen LogP contribution in [0.25, 0.3) is 0 Å². The number of rotatable bonds is 7. The predicted octanol–water partition coefficient (Wildman–Crippen LogP) is 2.92. The van der Waals surface area contributed by atoms with Crippen molar-refractivity contribution in [2.45, 2.75) is 39.0 Å². The highest BCUT2D eigenvalue weighted by Gasteiger charge is 2.18. The van der Waals surface area contributed by atoms with Crippen molar-refractivity contribution in [2.24, 2.45) is 0 Å². The van der Waals surface area contributed by atoms with E-state index in [9.17, 15) is 4.79 Å². The first-order valence-corrected chi connectivity index (χ1v) is 6.83. The number of aromatic nitrogens is 1. The third-order valence-electron chi connectivity index (χ3n) is 2.92. The number of methoxy groups -OCH3 is 1. The fourth-order valence-electron chi connectivity index (χ4n) is 1.72. The molecule has 0 radical (unpaired) electrons. The second-order valence-corrected chi connectivity index (χ2v) is 5.81. The maximum atomic E-state index is 11.2. The van der Waals surface area contributed by atoms with Crippen LogP contribution in [-0.2, 0) is 10.2 Å². The van der Waals surface area contributed by atoms with Gasteiger partial charge in [-0.3, -0.25) is 0 Å². The van der Waals surface area contributed by atoms with Gasteiger partial charge in [0.1, 0.15) is 5.82 Å². The zero-order valence-corrected chi connectivity index (χ0v) is 12.7. The topological polar surface area (TPSA) is 71.5 Å². The van der Waals surface area contributed by atoms with Gasteiger partial charge in [0.25, 0.3) is 0 Å². The average Bonchev–Trinajstić information content (AvgIpc) is 2.37. The molecule has 1 aromatic rings. The van der Waals surface area contributed by atoms with Gasteiger partial charge in [0.2, 0.25) is 0 Å². The molecule has 0 amide bonds. The quantitative estimate of drug-likeness (QED) is 0.751. The van der Waals surface area contributed by atoms with Crippen LogP contribution in [-0.4, -0.2) is 36.3 Å². The maximum Gasteiger partial charge on any atom is 0.335 e. The fourth-order valence-corrected chi connectivity index (χ4v) is 1.72. The van der Waals surface area contributed by atoms with Crippen molar-refractivity contribution in [2.75, 3.05) is 25.6 Å². The number of nitrogens with zero attached hydrogens (tertiary/aromatic N) is 1. The summed E-state index contributed by atoms with van der Waals surface area (Å²) in [4.78, 5) is 15.7. The Labute approximate surface area is 120 Å². The Bertz CT molecular complexity index is 453. The molecule has 1 aromatic heterocycles. The SMILES string of the molecule is COCCCCNc1cc(C(=O)O)cc(C(C)(C)C)n1. The van der Waals surface area contributed by atoms with Gasteiger partial charge in [-0.05, 0) is 25.0 Å². The molecule has 20 heavy (non-hydrogen) atoms. The highest BCUT2D eigenvalue weighted by molar-refractivity contribution is 5.88. The van der Waals surface area contributed by atoms with Crippen molar-refractivity contribution >= 4 is 11.8 Å². The van der Waals surface area contributed by atoms with Gasteiger partial charge in [-0.15, -0.1) is 0 Å². The minimum atomic E-state index is -0.930. The van der Waals surface area contributed by atoms with Crippen LogP contribution in [0.3, 0.4) is 0 Å². The molecule has 112 valence electrons. The Morgan fingerprint density at radius 2 is 2.05 bits per heavy atom. The van der Waals surface area contributed by atoms with Crippen LogP contribution >= 0.6 is 0 Å². The van der Waals surface area contributed by atoms with Crippen LogP contribution in [0.4, 0.5) is 5.82 Å². The summed E-state index contributed by atoms with van der Waals surface area (Å²) < 4.78 is 4.99. The number of ether oxygens (including phenoxy) is 1. The van der Waals surface area contributed by atoms with E-state index in [2.05, 4.69) is 10.3 Å². The van der Waals surface area contributed by atoms with Gasteiger partial charge < -0.3 is 15.2 Å². The lowest BCUT2D eigenvalue weighted by Crippen LogP contribution is -2.17. The molecule has 1 heterocycles. The summed E-state index contributed by atoms with van der Waals surface area (Å²) in [6.07, 6.45) is 1.92. The predicted molar refractivity (Wildman–Crippen MR) is 79.5 cm³/mol. The second-order valence-electron chi connectivity index (χ2n) is 5.81. The first kappa shape index (κ1) is 16.4. The van der Waals surface area contributed by atoms with Crippen LogP contribution in [0.5, 0.6) is 0 Å². The van der Waals surface area contributed by atoms with E-state index in [1.807, 2.05) is 20.8 Å². The Morgan fingerprint density at radius 1 is 1.35 bits per heavy atom. The van der Waals surface area contributed by atoms with E-state index < -0.39 is 5.97 Å². The first-order valence-electron chi connectivity index (χ1n) is 6.83. The van der Waals surface area contributed by atoms with Crippen molar-refractivity contribution in [3.05, 3.63) is 23.4 Å². The molecule has 0 aliphatic heterocycles. The number of nitrogens with one attached hydrogen (secondary N) is 1. The molecule has 0 saturated carbocycles. The van der Waals surface area contributed by atoms with Gasteiger partial charge >= 0.3 is 5.97 Å². The van der Waals surface area contributed by atoms with Crippen molar-refractivity contribution in [3.8, 4) is 0 Å². The Kier molecular flexibility index (Phi) is 5.95. The van der Waals surface area contributed by atoms with Crippen molar-refractivity contribution < 1.29 is 14.6 Å². The standard InChI is InChI=1S/C15H24N2O3/c1-15(2,3)12-9-11(14(18)19)10-13(17-12)16-7-5-6-8-20-4/h9-10H,5-8H2,1-4H3,(H,16,17)(H,18,19). The van der Waals surface area contributed by atoms with E-state index in [0.717, 1.165) is 31.7 Å². The monoisotopic (exact) mass is 280 g/mol. The molecule has 0 aromatic carbocycles. The largest absolute Gasteiger partial charge is 0.478 e. The zero-order valence-electron chi connectivity index (χ0n) is 12.7. The molecule has 5 nitrogen and oxygen atoms in total. The molecular formula is C15H24N2O3. The summed E-state index contributed by atoms with van der Waals surface area (Å²) in [5.41, 5.74) is 0.860. The summed E-state index contributed by atoms with van der Waals surface area (Å²) in [5, 5.41) is 12.4. The minimum absolute atomic E-state index is 0.183. The van der Waals surface area contributed by atoms with Crippen LogP contribution in [0.15, 0.2) is 12.1 Å². The minimum Gasteiger partial charge on any atom is -0.478 e. The smallest absolute Gasteiger partial charge is 0.335 e. The van der Waals surface area contributed by atoms with E-state index in [0.29, 0.717) is 5.82 Å². The fraction of sp³-hybridized carbons (Fsp3) is 0.600. The van der Waals surface area contributed by atoms with E-state index in [1.54, 1.807) is 19.2 Å². The molecule has 0 saturated heterocycles. The second kappa shape index (κ2) is 7.24. The highest BCUT2D eigenvalue weighted by Crippen LogP contribution is 2.23. The van der Waals surface area contributed by atoms with E-state index in [-0.39, 0.29) is 11.0 Å². The van der Waals surface area contributed by atoms with Crippen molar-refractivity contribution in [3.63, 3.8) is 0 Å². The summed E-state index contributed by atoms with van der Waals surface area (Å²) in [7, 11) is 1.68. The lowest BCUT2D eigenvalue weighted by Gasteiger charge is -2.19. The third kappa shape index (κ3) is 5.17. The van der Waals surface area contributed by atoms with Gasteiger partial charge in [0, 0.05) is 31.4 Å². The number of carbonyl (C=O) groups is 1. The number of hydrogen-bond donors (Lipinski definition) is 2. The number of unbranched alkanes of at least 4 members (excludes halogenated alkanes) is 1. The summed E-state index contributed by atoms with van der Waals surface area (Å²) >= 11 is 0. The molecule has 0 bridgehead atoms. The molecule has 0 aliphatic carbocycles. The molecular weight excluding hydrogens is 256 g/mol. The molecule has 0 aliphatic rings. The number of anilines is 1. The molecule has 5 heteroatoms. The van der Waals surface area contributed by atoms with Crippen LogP contribution < -0.4 is 5.32 Å². The van der Waals surface area contributed by atoms with Crippen molar-refractivity contribution in [1.82, 2.24) is 4.98 Å². The van der Waals surface area contributed by atoms with Gasteiger partial charge in [-0.1, -0.05) is 20.8 Å². The normalized spacial score (nSPS) is 11.4. The summed E-state index contributed by atoms with van der Waals surface area (Å²) in [6, 6.07) is 3.21. The molecule has 2 N–H and O–H groups in total. The average molecular weight is 280 g/mol. The Balaban J connectivity index is 2.79. The van der Waals surface area contributed by atoms with Gasteiger partial charge in [-0.25, -0.2) is 9.78 Å².